The lowest BCUT2D eigenvalue weighted by molar-refractivity contribution is 0.200. The molecule has 8 nitrogen and oxygen atoms in total. The molecular weight excluding hydrogens is 488 g/mol. The molecule has 4 aromatic rings. The van der Waals surface area contributed by atoms with Crippen LogP contribution in [0.5, 0.6) is 11.5 Å². The lowest BCUT2D eigenvalue weighted by Gasteiger charge is -2.26. The largest absolute Gasteiger partial charge is 0.490 e. The second-order valence-electron chi connectivity index (χ2n) is 10.5. The minimum absolute atomic E-state index is 0.497. The number of likely N-dealkylation sites (tertiary alicyclic amines) is 1. The number of anilines is 4. The number of rotatable bonds is 12. The van der Waals surface area contributed by atoms with Crippen LogP contribution >= 0.6 is 0 Å². The number of benzene rings is 2. The highest BCUT2D eigenvalue weighted by Gasteiger charge is 2.23. The van der Waals surface area contributed by atoms with Crippen molar-refractivity contribution in [2.45, 2.75) is 38.5 Å². The summed E-state index contributed by atoms with van der Waals surface area (Å²) < 4.78 is 12.4. The van der Waals surface area contributed by atoms with E-state index in [0.717, 1.165) is 53.3 Å². The van der Waals surface area contributed by atoms with Gasteiger partial charge < -0.3 is 25.0 Å². The molecule has 6 rings (SSSR count). The SMILES string of the molecule is c1ccc2ncc(Nc3ccnc(Nc4ccc(OCCCN5CCCCC5)c(OCC5CC5)c4)n3)cc2c1. The smallest absolute Gasteiger partial charge is 0.229 e. The maximum atomic E-state index is 6.19. The van der Waals surface area contributed by atoms with Gasteiger partial charge in [0.05, 0.1) is 30.6 Å². The molecule has 0 unspecified atom stereocenters. The van der Waals surface area contributed by atoms with Gasteiger partial charge in [0.25, 0.3) is 0 Å². The summed E-state index contributed by atoms with van der Waals surface area (Å²) in [5, 5.41) is 7.73. The Morgan fingerprint density at radius 3 is 2.64 bits per heavy atom. The van der Waals surface area contributed by atoms with E-state index in [2.05, 4.69) is 36.6 Å². The molecule has 3 heterocycles. The van der Waals surface area contributed by atoms with E-state index in [1.165, 1.54) is 45.2 Å². The second kappa shape index (κ2) is 12.3. The zero-order valence-corrected chi connectivity index (χ0v) is 22.3. The maximum absolute atomic E-state index is 6.19. The molecule has 0 atom stereocenters. The maximum Gasteiger partial charge on any atom is 0.229 e. The number of nitrogens with zero attached hydrogens (tertiary/aromatic N) is 4. The van der Waals surface area contributed by atoms with Crippen LogP contribution in [0.15, 0.2) is 67.0 Å². The van der Waals surface area contributed by atoms with E-state index in [1.54, 1.807) is 6.20 Å². The summed E-state index contributed by atoms with van der Waals surface area (Å²) in [6, 6.07) is 17.9. The van der Waals surface area contributed by atoms with Crippen LogP contribution in [0.4, 0.5) is 23.1 Å². The summed E-state index contributed by atoms with van der Waals surface area (Å²) in [6.45, 7) is 4.93. The van der Waals surface area contributed by atoms with Gasteiger partial charge >= 0.3 is 0 Å². The van der Waals surface area contributed by atoms with Crippen molar-refractivity contribution in [2.24, 2.45) is 5.92 Å². The Morgan fingerprint density at radius 2 is 1.74 bits per heavy atom. The van der Waals surface area contributed by atoms with Gasteiger partial charge in [-0.25, -0.2) is 4.98 Å². The van der Waals surface area contributed by atoms with Gasteiger partial charge in [0.1, 0.15) is 5.82 Å². The van der Waals surface area contributed by atoms with Crippen molar-refractivity contribution in [3.63, 3.8) is 0 Å². The molecule has 1 aliphatic carbocycles. The average Bonchev–Trinajstić information content (AvgIpc) is 3.80. The number of fused-ring (bicyclic) bond motifs is 1. The Morgan fingerprint density at radius 1 is 0.846 bits per heavy atom. The van der Waals surface area contributed by atoms with E-state index in [9.17, 15) is 0 Å². The lowest BCUT2D eigenvalue weighted by Crippen LogP contribution is -2.31. The van der Waals surface area contributed by atoms with Gasteiger partial charge in [-0.2, -0.15) is 4.98 Å². The lowest BCUT2D eigenvalue weighted by atomic mass is 10.1. The van der Waals surface area contributed by atoms with Crippen LogP contribution in [0.1, 0.15) is 38.5 Å². The number of hydrogen-bond donors (Lipinski definition) is 2. The molecule has 0 spiro atoms. The number of hydrogen-bond acceptors (Lipinski definition) is 8. The van der Waals surface area contributed by atoms with Crippen molar-refractivity contribution in [3.05, 3.63) is 67.0 Å². The van der Waals surface area contributed by atoms with Crippen LogP contribution in [0, 0.1) is 5.92 Å². The van der Waals surface area contributed by atoms with Crippen LogP contribution < -0.4 is 20.1 Å². The van der Waals surface area contributed by atoms with E-state index in [-0.39, 0.29) is 0 Å². The standard InChI is InChI=1S/C31H36N6O2/c1-4-15-37(16-5-1)17-6-18-38-28-12-11-25(20-29(28)39-22-23-9-10-23)35-31-32-14-13-30(36-31)34-26-19-24-7-2-3-8-27(24)33-21-26/h2-3,7-8,11-14,19-21,23H,1,4-6,9-10,15-18,22H2,(H2,32,34,35,36). The molecule has 0 amide bonds. The van der Waals surface area contributed by atoms with Gasteiger partial charge in [0.2, 0.25) is 5.95 Å². The molecule has 39 heavy (non-hydrogen) atoms. The number of nitrogens with one attached hydrogen (secondary N) is 2. The van der Waals surface area contributed by atoms with Gasteiger partial charge in [-0.05, 0) is 81.4 Å². The van der Waals surface area contributed by atoms with Crippen molar-refractivity contribution < 1.29 is 9.47 Å². The number of piperidine rings is 1. The van der Waals surface area contributed by atoms with Crippen molar-refractivity contribution in [1.29, 1.82) is 0 Å². The summed E-state index contributed by atoms with van der Waals surface area (Å²) in [6.07, 6.45) is 11.0. The minimum atomic E-state index is 0.497. The highest BCUT2D eigenvalue weighted by molar-refractivity contribution is 5.82. The first kappa shape index (κ1) is 25.4. The Hall–Kier alpha value is -3.91. The normalized spacial score (nSPS) is 15.7. The molecule has 1 saturated heterocycles. The third kappa shape index (κ3) is 7.15. The van der Waals surface area contributed by atoms with Crippen LogP contribution in [0.3, 0.4) is 0 Å². The molecule has 2 fully saturated rings. The highest BCUT2D eigenvalue weighted by atomic mass is 16.5. The Labute approximate surface area is 229 Å². The Balaban J connectivity index is 1.10. The van der Waals surface area contributed by atoms with E-state index in [0.29, 0.717) is 24.3 Å². The number of aromatic nitrogens is 3. The molecular formula is C31H36N6O2. The molecule has 2 aliphatic rings. The Kier molecular flexibility index (Phi) is 8.00. The third-order valence-corrected chi connectivity index (χ3v) is 7.21. The van der Waals surface area contributed by atoms with Crippen molar-refractivity contribution in [3.8, 4) is 11.5 Å². The molecule has 2 N–H and O–H groups in total. The van der Waals surface area contributed by atoms with Gasteiger partial charge in [0.15, 0.2) is 11.5 Å². The summed E-state index contributed by atoms with van der Waals surface area (Å²) >= 11 is 0. The predicted octanol–water partition coefficient (Wildman–Crippen LogP) is 6.56. The molecule has 0 radical (unpaired) electrons. The number of ether oxygens (including phenoxy) is 2. The molecule has 8 heteroatoms. The highest BCUT2D eigenvalue weighted by Crippen LogP contribution is 2.35. The van der Waals surface area contributed by atoms with Crippen LogP contribution in [0.2, 0.25) is 0 Å². The zero-order chi connectivity index (χ0) is 26.3. The fourth-order valence-electron chi connectivity index (χ4n) is 4.87. The number of pyridine rings is 1. The second-order valence-corrected chi connectivity index (χ2v) is 10.5. The number of para-hydroxylation sites is 1. The molecule has 202 valence electrons. The molecule has 2 aromatic heterocycles. The summed E-state index contributed by atoms with van der Waals surface area (Å²) in [4.78, 5) is 16.1. The van der Waals surface area contributed by atoms with Gasteiger partial charge in [-0.15, -0.1) is 0 Å². The molecule has 1 aliphatic heterocycles. The fourth-order valence-corrected chi connectivity index (χ4v) is 4.87. The van der Waals surface area contributed by atoms with Crippen LogP contribution in [0.25, 0.3) is 10.9 Å². The minimum Gasteiger partial charge on any atom is -0.490 e. The molecule has 2 aromatic carbocycles. The summed E-state index contributed by atoms with van der Waals surface area (Å²) in [7, 11) is 0. The average molecular weight is 525 g/mol. The zero-order valence-electron chi connectivity index (χ0n) is 22.3. The van der Waals surface area contributed by atoms with E-state index in [4.69, 9.17) is 9.47 Å². The van der Waals surface area contributed by atoms with Crippen molar-refractivity contribution >= 4 is 34.0 Å². The van der Waals surface area contributed by atoms with E-state index < -0.39 is 0 Å². The van der Waals surface area contributed by atoms with Crippen molar-refractivity contribution in [1.82, 2.24) is 19.9 Å². The topological polar surface area (TPSA) is 84.4 Å². The van der Waals surface area contributed by atoms with Gasteiger partial charge in [-0.1, -0.05) is 24.6 Å². The van der Waals surface area contributed by atoms with Gasteiger partial charge in [0, 0.05) is 29.9 Å². The van der Waals surface area contributed by atoms with Crippen LogP contribution in [-0.2, 0) is 0 Å². The third-order valence-electron chi connectivity index (χ3n) is 7.21. The monoisotopic (exact) mass is 524 g/mol. The van der Waals surface area contributed by atoms with Crippen LogP contribution in [-0.4, -0.2) is 52.7 Å². The van der Waals surface area contributed by atoms with Gasteiger partial charge in [-0.3, -0.25) is 4.98 Å². The molecule has 0 bridgehead atoms. The van der Waals surface area contributed by atoms with E-state index >= 15 is 0 Å². The fraction of sp³-hybridized carbons (Fsp3) is 0.387. The predicted molar refractivity (Wildman–Crippen MR) is 155 cm³/mol. The summed E-state index contributed by atoms with van der Waals surface area (Å²) in [5.41, 5.74) is 2.68. The first-order valence-electron chi connectivity index (χ1n) is 14.1. The molecule has 1 saturated carbocycles. The van der Waals surface area contributed by atoms with E-state index in [1.807, 2.05) is 54.7 Å². The summed E-state index contributed by atoms with van der Waals surface area (Å²) in [5.74, 6) is 3.39. The quantitative estimate of drug-likeness (QED) is 0.202. The Bertz CT molecular complexity index is 1390. The van der Waals surface area contributed by atoms with Crippen molar-refractivity contribution in [2.75, 3.05) is 43.5 Å². The first-order valence-corrected chi connectivity index (χ1v) is 14.1. The first-order chi connectivity index (χ1) is 19.3.